The number of nitrogen functional groups attached to an aromatic ring is 1. The minimum atomic E-state index is -1.07. The number of anilines is 1. The molecule has 23 heavy (non-hydrogen) atoms. The highest BCUT2D eigenvalue weighted by molar-refractivity contribution is 6.39. The van der Waals surface area contributed by atoms with E-state index in [9.17, 15) is 13.6 Å². The lowest BCUT2D eigenvalue weighted by molar-refractivity contribution is -0.147. The number of carbonyl (C=O) groups excluding carboxylic acids is 1. The van der Waals surface area contributed by atoms with E-state index >= 15 is 0 Å². The maximum Gasteiger partial charge on any atom is 0.344 e. The summed E-state index contributed by atoms with van der Waals surface area (Å²) in [7, 11) is 0. The Morgan fingerprint density at radius 3 is 2.48 bits per heavy atom. The van der Waals surface area contributed by atoms with Crippen molar-refractivity contribution < 1.29 is 23.0 Å². The van der Waals surface area contributed by atoms with Crippen LogP contribution in [0.5, 0.6) is 5.88 Å². The minimum absolute atomic E-state index is 0.0687. The Morgan fingerprint density at radius 1 is 1.17 bits per heavy atom. The number of halogens is 4. The molecule has 0 saturated carbocycles. The molecule has 0 atom stereocenters. The van der Waals surface area contributed by atoms with Crippen molar-refractivity contribution in [2.24, 2.45) is 0 Å². The second-order valence-electron chi connectivity index (χ2n) is 4.33. The largest absolute Gasteiger partial charge is 0.464 e. The molecular formula is C14H10Cl2F2N2O3. The Hall–Kier alpha value is -2.12. The summed E-state index contributed by atoms with van der Waals surface area (Å²) in [5, 5.41) is -0.635. The summed E-state index contributed by atoms with van der Waals surface area (Å²) >= 11 is 11.3. The predicted molar refractivity (Wildman–Crippen MR) is 80.3 cm³/mol. The SMILES string of the molecule is Nc1c(Cl)c(F)nc(OCC(=O)OCc2ccc(F)cc2)c1Cl. The molecule has 2 aromatic rings. The zero-order chi connectivity index (χ0) is 17.0. The lowest BCUT2D eigenvalue weighted by Crippen LogP contribution is -2.16. The van der Waals surface area contributed by atoms with Crippen molar-refractivity contribution in [3.63, 3.8) is 0 Å². The smallest absolute Gasteiger partial charge is 0.344 e. The van der Waals surface area contributed by atoms with Crippen LogP contribution < -0.4 is 10.5 Å². The molecule has 1 heterocycles. The maximum atomic E-state index is 13.3. The van der Waals surface area contributed by atoms with E-state index in [-0.39, 0.29) is 23.2 Å². The average molecular weight is 363 g/mol. The molecule has 0 aliphatic rings. The molecule has 0 radical (unpaired) electrons. The fraction of sp³-hybridized carbons (Fsp3) is 0.143. The topological polar surface area (TPSA) is 74.4 Å². The summed E-state index contributed by atoms with van der Waals surface area (Å²) < 4.78 is 35.9. The normalized spacial score (nSPS) is 10.4. The molecule has 0 bridgehead atoms. The number of pyridine rings is 1. The van der Waals surface area contributed by atoms with Gasteiger partial charge in [0.15, 0.2) is 6.61 Å². The Kier molecular flexibility index (Phi) is 5.57. The highest BCUT2D eigenvalue weighted by atomic mass is 35.5. The van der Waals surface area contributed by atoms with Crippen LogP contribution in [0.2, 0.25) is 10.0 Å². The monoisotopic (exact) mass is 362 g/mol. The Balaban J connectivity index is 1.91. The number of hydrogen-bond donors (Lipinski definition) is 1. The van der Waals surface area contributed by atoms with Crippen molar-refractivity contribution in [1.29, 1.82) is 0 Å². The standard InChI is InChI=1S/C14H10Cl2F2N2O3/c15-10-12(19)11(16)14(20-13(10)18)23-6-9(21)22-5-7-1-3-8(17)4-2-7/h1-4H,5-6H2,(H2,19,20). The highest BCUT2D eigenvalue weighted by Crippen LogP contribution is 2.35. The lowest BCUT2D eigenvalue weighted by Gasteiger charge is -2.10. The maximum absolute atomic E-state index is 13.3. The summed E-state index contributed by atoms with van der Waals surface area (Å²) in [6, 6.07) is 5.42. The van der Waals surface area contributed by atoms with Gasteiger partial charge in [-0.15, -0.1) is 0 Å². The van der Waals surface area contributed by atoms with Crippen molar-refractivity contribution in [3.05, 3.63) is 51.6 Å². The van der Waals surface area contributed by atoms with Crippen LogP contribution in [-0.2, 0) is 16.1 Å². The number of nitrogens with two attached hydrogens (primary N) is 1. The number of aromatic nitrogens is 1. The molecule has 0 saturated heterocycles. The summed E-state index contributed by atoms with van der Waals surface area (Å²) in [5.41, 5.74) is 5.82. The highest BCUT2D eigenvalue weighted by Gasteiger charge is 2.17. The first-order valence-electron chi connectivity index (χ1n) is 6.21. The third-order valence-electron chi connectivity index (χ3n) is 2.68. The molecule has 122 valence electrons. The minimum Gasteiger partial charge on any atom is -0.464 e. The van der Waals surface area contributed by atoms with Crippen LogP contribution in [0.1, 0.15) is 5.56 Å². The van der Waals surface area contributed by atoms with E-state index in [2.05, 4.69) is 4.98 Å². The molecule has 0 fully saturated rings. The van der Waals surface area contributed by atoms with Crippen molar-refractivity contribution in [3.8, 4) is 5.88 Å². The van der Waals surface area contributed by atoms with E-state index in [1.165, 1.54) is 24.3 Å². The van der Waals surface area contributed by atoms with Crippen LogP contribution in [-0.4, -0.2) is 17.6 Å². The van der Waals surface area contributed by atoms with E-state index in [1.807, 2.05) is 0 Å². The van der Waals surface area contributed by atoms with Crippen molar-refractivity contribution in [1.82, 2.24) is 4.98 Å². The van der Waals surface area contributed by atoms with Gasteiger partial charge in [0, 0.05) is 0 Å². The molecule has 0 unspecified atom stereocenters. The summed E-state index contributed by atoms with van der Waals surface area (Å²) in [6.45, 7) is -0.630. The number of benzene rings is 1. The van der Waals surface area contributed by atoms with E-state index in [0.717, 1.165) is 0 Å². The molecule has 1 aromatic heterocycles. The summed E-state index contributed by atoms with van der Waals surface area (Å²) in [6.07, 6.45) is 0. The zero-order valence-electron chi connectivity index (χ0n) is 11.5. The number of ether oxygens (including phenoxy) is 2. The van der Waals surface area contributed by atoms with Crippen LogP contribution in [0.3, 0.4) is 0 Å². The van der Waals surface area contributed by atoms with Crippen LogP contribution in [0.4, 0.5) is 14.5 Å². The van der Waals surface area contributed by atoms with E-state index in [0.29, 0.717) is 5.56 Å². The molecular weight excluding hydrogens is 353 g/mol. The van der Waals surface area contributed by atoms with Crippen molar-refractivity contribution in [2.75, 3.05) is 12.3 Å². The van der Waals surface area contributed by atoms with Crippen LogP contribution in [0, 0.1) is 11.8 Å². The van der Waals surface area contributed by atoms with Crippen LogP contribution >= 0.6 is 23.2 Å². The number of rotatable bonds is 5. The fourth-order valence-electron chi connectivity index (χ4n) is 1.52. The van der Waals surface area contributed by atoms with Gasteiger partial charge in [-0.2, -0.15) is 9.37 Å². The molecule has 5 nitrogen and oxygen atoms in total. The number of hydrogen-bond acceptors (Lipinski definition) is 5. The molecule has 0 amide bonds. The van der Waals surface area contributed by atoms with Gasteiger partial charge >= 0.3 is 5.97 Å². The Morgan fingerprint density at radius 2 is 1.83 bits per heavy atom. The van der Waals surface area contributed by atoms with Crippen molar-refractivity contribution >= 4 is 34.9 Å². The second-order valence-corrected chi connectivity index (χ2v) is 5.08. The van der Waals surface area contributed by atoms with Gasteiger partial charge in [-0.1, -0.05) is 35.3 Å². The molecule has 9 heteroatoms. The fourth-order valence-corrected chi connectivity index (χ4v) is 1.90. The Labute approximate surface area is 139 Å². The van der Waals surface area contributed by atoms with Gasteiger partial charge in [-0.25, -0.2) is 9.18 Å². The quantitative estimate of drug-likeness (QED) is 0.651. The van der Waals surface area contributed by atoms with Gasteiger partial charge in [-0.05, 0) is 17.7 Å². The van der Waals surface area contributed by atoms with Gasteiger partial charge < -0.3 is 15.2 Å². The van der Waals surface area contributed by atoms with Gasteiger partial charge in [0.05, 0.1) is 5.69 Å². The lowest BCUT2D eigenvalue weighted by atomic mass is 10.2. The average Bonchev–Trinajstić information content (AvgIpc) is 2.54. The summed E-state index contributed by atoms with van der Waals surface area (Å²) in [4.78, 5) is 14.9. The first-order valence-corrected chi connectivity index (χ1v) is 6.97. The number of carbonyl (C=O) groups is 1. The molecule has 0 aliphatic carbocycles. The third-order valence-corrected chi connectivity index (χ3v) is 3.41. The molecule has 2 rings (SSSR count). The Bertz CT molecular complexity index is 727. The first-order chi connectivity index (χ1) is 10.9. The van der Waals surface area contributed by atoms with E-state index in [1.54, 1.807) is 0 Å². The predicted octanol–water partition coefficient (Wildman–Crippen LogP) is 3.37. The third kappa shape index (κ3) is 4.43. The number of esters is 1. The van der Waals surface area contributed by atoms with E-state index in [4.69, 9.17) is 38.4 Å². The zero-order valence-corrected chi connectivity index (χ0v) is 13.0. The van der Waals surface area contributed by atoms with Gasteiger partial charge in [0.1, 0.15) is 22.5 Å². The van der Waals surface area contributed by atoms with Crippen molar-refractivity contribution in [2.45, 2.75) is 6.61 Å². The summed E-state index contributed by atoms with van der Waals surface area (Å²) in [5.74, 6) is -2.58. The molecule has 2 N–H and O–H groups in total. The van der Waals surface area contributed by atoms with Gasteiger partial charge in [0.25, 0.3) is 0 Å². The molecule has 1 aromatic carbocycles. The molecule has 0 aliphatic heterocycles. The van der Waals surface area contributed by atoms with Gasteiger partial charge in [-0.3, -0.25) is 0 Å². The first kappa shape index (κ1) is 17.2. The second kappa shape index (κ2) is 7.43. The van der Waals surface area contributed by atoms with Crippen LogP contribution in [0.25, 0.3) is 0 Å². The molecule has 0 spiro atoms. The van der Waals surface area contributed by atoms with Crippen LogP contribution in [0.15, 0.2) is 24.3 Å². The van der Waals surface area contributed by atoms with E-state index < -0.39 is 29.4 Å². The van der Waals surface area contributed by atoms with Gasteiger partial charge in [0.2, 0.25) is 11.8 Å². The number of nitrogens with zero attached hydrogens (tertiary/aromatic N) is 1.